The van der Waals surface area contributed by atoms with E-state index in [0.717, 1.165) is 4.88 Å². The summed E-state index contributed by atoms with van der Waals surface area (Å²) in [6.07, 6.45) is 1.71. The first-order chi connectivity index (χ1) is 9.63. The first-order valence-electron chi connectivity index (χ1n) is 5.96. The van der Waals surface area contributed by atoms with E-state index < -0.39 is 0 Å². The molecule has 0 unspecified atom stereocenters. The van der Waals surface area contributed by atoms with Crippen LogP contribution in [0, 0.1) is 6.92 Å². The molecule has 0 radical (unpaired) electrons. The molecule has 1 N–H and O–H groups in total. The quantitative estimate of drug-likeness (QED) is 0.925. The highest BCUT2D eigenvalue weighted by Crippen LogP contribution is 2.38. The second kappa shape index (κ2) is 5.30. The summed E-state index contributed by atoms with van der Waals surface area (Å²) in [4.78, 5) is 17.3. The van der Waals surface area contributed by atoms with Crippen molar-refractivity contribution < 1.29 is 14.3 Å². The molecule has 0 saturated carbocycles. The minimum absolute atomic E-state index is 0.279. The fraction of sp³-hybridized carbons (Fsp3) is 0.231. The number of hydrogen-bond acceptors (Lipinski definition) is 5. The van der Waals surface area contributed by atoms with E-state index in [1.54, 1.807) is 18.3 Å². The maximum atomic E-state index is 12.2. The van der Waals surface area contributed by atoms with Crippen molar-refractivity contribution in [1.82, 2.24) is 4.98 Å². The summed E-state index contributed by atoms with van der Waals surface area (Å²) in [6.45, 7) is 2.82. The van der Waals surface area contributed by atoms with Crippen LogP contribution in [-0.4, -0.2) is 24.1 Å². The number of aromatic nitrogens is 1. The van der Waals surface area contributed by atoms with Gasteiger partial charge in [0, 0.05) is 16.6 Å². The molecule has 0 atom stereocenters. The van der Waals surface area contributed by atoms with Crippen molar-refractivity contribution in [3.8, 4) is 11.5 Å². The molecule has 0 bridgehead atoms. The van der Waals surface area contributed by atoms with Crippen LogP contribution in [0.2, 0.25) is 5.02 Å². The third kappa shape index (κ3) is 2.57. The van der Waals surface area contributed by atoms with Gasteiger partial charge in [0.25, 0.3) is 5.91 Å². The molecule has 2 heterocycles. The zero-order valence-electron chi connectivity index (χ0n) is 10.6. The minimum Gasteiger partial charge on any atom is -0.486 e. The first-order valence-corrected chi connectivity index (χ1v) is 7.16. The molecular formula is C13H11ClN2O3S. The van der Waals surface area contributed by atoms with Crippen LogP contribution in [0.15, 0.2) is 18.3 Å². The molecule has 104 valence electrons. The number of carbonyl (C=O) groups excluding carboxylic acids is 1. The van der Waals surface area contributed by atoms with Crippen molar-refractivity contribution in [2.24, 2.45) is 0 Å². The van der Waals surface area contributed by atoms with Gasteiger partial charge in [0.05, 0.1) is 5.02 Å². The average Bonchev–Trinajstić information content (AvgIpc) is 2.84. The molecular weight excluding hydrogens is 300 g/mol. The SMILES string of the molecule is Cc1cnc(NC(=O)c2cc(Cl)c3c(c2)OCCO3)s1. The molecule has 3 rings (SSSR count). The molecule has 1 aliphatic rings. The lowest BCUT2D eigenvalue weighted by Gasteiger charge is -2.20. The average molecular weight is 311 g/mol. The summed E-state index contributed by atoms with van der Waals surface area (Å²) in [6, 6.07) is 3.18. The van der Waals surface area contributed by atoms with Crippen LogP contribution in [0.25, 0.3) is 0 Å². The number of hydrogen-bond donors (Lipinski definition) is 1. The number of carbonyl (C=O) groups is 1. The van der Waals surface area contributed by atoms with Crippen LogP contribution >= 0.6 is 22.9 Å². The highest BCUT2D eigenvalue weighted by molar-refractivity contribution is 7.15. The van der Waals surface area contributed by atoms with Crippen molar-refractivity contribution in [3.63, 3.8) is 0 Å². The zero-order valence-corrected chi connectivity index (χ0v) is 12.2. The summed E-state index contributed by atoms with van der Waals surface area (Å²) in [5, 5.41) is 3.64. The van der Waals surface area contributed by atoms with Crippen molar-refractivity contribution in [1.29, 1.82) is 0 Å². The molecule has 1 aliphatic heterocycles. The Morgan fingerprint density at radius 1 is 1.40 bits per heavy atom. The van der Waals surface area contributed by atoms with Crippen molar-refractivity contribution in [2.75, 3.05) is 18.5 Å². The van der Waals surface area contributed by atoms with Crippen LogP contribution in [0.4, 0.5) is 5.13 Å². The molecule has 7 heteroatoms. The fourth-order valence-electron chi connectivity index (χ4n) is 1.82. The van der Waals surface area contributed by atoms with Crippen LogP contribution in [0.5, 0.6) is 11.5 Å². The molecule has 1 aromatic carbocycles. The molecule has 0 aliphatic carbocycles. The van der Waals surface area contributed by atoms with Gasteiger partial charge in [-0.2, -0.15) is 0 Å². The molecule has 20 heavy (non-hydrogen) atoms. The van der Waals surface area contributed by atoms with Crippen molar-refractivity contribution in [3.05, 3.63) is 33.8 Å². The van der Waals surface area contributed by atoms with Crippen LogP contribution < -0.4 is 14.8 Å². The molecule has 1 aromatic heterocycles. The lowest BCUT2D eigenvalue weighted by molar-refractivity contribution is 0.102. The number of amides is 1. The van der Waals surface area contributed by atoms with E-state index in [1.807, 2.05) is 6.92 Å². The number of benzene rings is 1. The molecule has 5 nitrogen and oxygen atoms in total. The summed E-state index contributed by atoms with van der Waals surface area (Å²) in [7, 11) is 0. The number of nitrogens with zero attached hydrogens (tertiary/aromatic N) is 1. The first kappa shape index (κ1) is 13.2. The third-order valence-electron chi connectivity index (χ3n) is 2.70. The standard InChI is InChI=1S/C13H11ClN2O3S/c1-7-6-15-13(20-7)16-12(17)8-4-9(14)11-10(5-8)18-2-3-19-11/h4-6H,2-3H2,1H3,(H,15,16,17). The van der Waals surface area contributed by atoms with Gasteiger partial charge >= 0.3 is 0 Å². The molecule has 1 amide bonds. The van der Waals surface area contributed by atoms with E-state index in [-0.39, 0.29) is 5.91 Å². The van der Waals surface area contributed by atoms with Crippen molar-refractivity contribution >= 4 is 34.0 Å². The molecule has 2 aromatic rings. The molecule has 0 fully saturated rings. The van der Waals surface area contributed by atoms with Gasteiger partial charge in [0.15, 0.2) is 16.6 Å². The number of ether oxygens (including phenoxy) is 2. The van der Waals surface area contributed by atoms with E-state index in [2.05, 4.69) is 10.3 Å². The Morgan fingerprint density at radius 3 is 2.95 bits per heavy atom. The van der Waals surface area contributed by atoms with Crippen LogP contribution in [0.1, 0.15) is 15.2 Å². The monoisotopic (exact) mass is 310 g/mol. The fourth-order valence-corrected chi connectivity index (χ4v) is 2.75. The summed E-state index contributed by atoms with van der Waals surface area (Å²) >= 11 is 7.51. The van der Waals surface area contributed by atoms with Gasteiger partial charge in [0.2, 0.25) is 0 Å². The van der Waals surface area contributed by atoms with Gasteiger partial charge in [-0.15, -0.1) is 11.3 Å². The maximum absolute atomic E-state index is 12.2. The van der Waals surface area contributed by atoms with Crippen molar-refractivity contribution in [2.45, 2.75) is 6.92 Å². The Balaban J connectivity index is 1.86. The summed E-state index contributed by atoms with van der Waals surface area (Å²) in [5.41, 5.74) is 0.409. The smallest absolute Gasteiger partial charge is 0.257 e. The van der Waals surface area contributed by atoms with E-state index in [4.69, 9.17) is 21.1 Å². The van der Waals surface area contributed by atoms with E-state index in [1.165, 1.54) is 11.3 Å². The predicted molar refractivity (Wildman–Crippen MR) is 77.2 cm³/mol. The Morgan fingerprint density at radius 2 is 2.20 bits per heavy atom. The normalized spacial score (nSPS) is 13.1. The second-order valence-electron chi connectivity index (χ2n) is 4.21. The number of nitrogens with one attached hydrogen (secondary N) is 1. The van der Waals surface area contributed by atoms with Gasteiger partial charge in [-0.05, 0) is 19.1 Å². The number of rotatable bonds is 2. The van der Waals surface area contributed by atoms with Gasteiger partial charge in [-0.3, -0.25) is 10.1 Å². The lowest BCUT2D eigenvalue weighted by Crippen LogP contribution is -2.17. The van der Waals surface area contributed by atoms with E-state index in [0.29, 0.717) is 40.4 Å². The Labute approximate surface area is 124 Å². The number of thiazole rings is 1. The minimum atomic E-state index is -0.279. The van der Waals surface area contributed by atoms with Gasteiger partial charge in [0.1, 0.15) is 13.2 Å². The Hall–Kier alpha value is -1.79. The molecule has 0 saturated heterocycles. The molecule has 0 spiro atoms. The second-order valence-corrected chi connectivity index (χ2v) is 5.85. The highest BCUT2D eigenvalue weighted by Gasteiger charge is 2.19. The Bertz CT molecular complexity index is 672. The summed E-state index contributed by atoms with van der Waals surface area (Å²) < 4.78 is 10.9. The Kier molecular flexibility index (Phi) is 3.50. The van der Waals surface area contributed by atoms with Gasteiger partial charge in [-0.1, -0.05) is 11.6 Å². The summed E-state index contributed by atoms with van der Waals surface area (Å²) in [5.74, 6) is 0.696. The van der Waals surface area contributed by atoms with E-state index >= 15 is 0 Å². The van der Waals surface area contributed by atoms with Gasteiger partial charge in [-0.25, -0.2) is 4.98 Å². The topological polar surface area (TPSA) is 60.5 Å². The van der Waals surface area contributed by atoms with Crippen LogP contribution in [0.3, 0.4) is 0 Å². The number of halogens is 1. The largest absolute Gasteiger partial charge is 0.486 e. The predicted octanol–water partition coefficient (Wildman–Crippen LogP) is 3.13. The number of aryl methyl sites for hydroxylation is 1. The lowest BCUT2D eigenvalue weighted by atomic mass is 10.2. The van der Waals surface area contributed by atoms with Gasteiger partial charge < -0.3 is 9.47 Å². The third-order valence-corrected chi connectivity index (χ3v) is 3.81. The number of fused-ring (bicyclic) bond motifs is 1. The number of anilines is 1. The maximum Gasteiger partial charge on any atom is 0.257 e. The van der Waals surface area contributed by atoms with E-state index in [9.17, 15) is 4.79 Å². The highest BCUT2D eigenvalue weighted by atomic mass is 35.5. The van der Waals surface area contributed by atoms with Crippen LogP contribution in [-0.2, 0) is 0 Å². The zero-order chi connectivity index (χ0) is 14.1.